The lowest BCUT2D eigenvalue weighted by atomic mass is 10.1. The van der Waals surface area contributed by atoms with Gasteiger partial charge in [0.05, 0.1) is 10.2 Å². The van der Waals surface area contributed by atoms with Crippen LogP contribution in [0.2, 0.25) is 5.15 Å². The van der Waals surface area contributed by atoms with Gasteiger partial charge in [-0.2, -0.15) is 5.10 Å². The van der Waals surface area contributed by atoms with Gasteiger partial charge in [0.2, 0.25) is 0 Å². The summed E-state index contributed by atoms with van der Waals surface area (Å²) in [5.74, 6) is 0.902. The molecule has 0 aliphatic heterocycles. The topological polar surface area (TPSA) is 43.6 Å². The number of aromatic nitrogens is 4. The molecular weight excluding hydrogens is 328 g/mol. The third-order valence-corrected chi connectivity index (χ3v) is 4.05. The molecule has 0 bridgehead atoms. The Kier molecular flexibility index (Phi) is 4.58. The first-order chi connectivity index (χ1) is 9.04. The summed E-state index contributed by atoms with van der Waals surface area (Å²) in [6, 6.07) is 1.92. The van der Waals surface area contributed by atoms with Crippen LogP contribution in [0, 0.1) is 0 Å². The first-order valence-electron chi connectivity index (χ1n) is 6.29. The lowest BCUT2D eigenvalue weighted by Gasteiger charge is -2.11. The molecule has 0 N–H and O–H groups in total. The van der Waals surface area contributed by atoms with Crippen LogP contribution in [0.4, 0.5) is 0 Å². The Labute approximate surface area is 126 Å². The summed E-state index contributed by atoms with van der Waals surface area (Å²) in [5.41, 5.74) is 1.82. The van der Waals surface area contributed by atoms with E-state index in [0.29, 0.717) is 11.0 Å². The quantitative estimate of drug-likeness (QED) is 0.778. The molecule has 0 radical (unpaired) electrons. The fourth-order valence-corrected chi connectivity index (χ4v) is 2.66. The maximum absolute atomic E-state index is 6.18. The average molecular weight is 344 g/mol. The van der Waals surface area contributed by atoms with Gasteiger partial charge in [-0.1, -0.05) is 32.4 Å². The van der Waals surface area contributed by atoms with Gasteiger partial charge >= 0.3 is 0 Å². The van der Waals surface area contributed by atoms with Gasteiger partial charge in [0.1, 0.15) is 10.8 Å². The molecule has 0 saturated carbocycles. The Morgan fingerprint density at radius 1 is 1.37 bits per heavy atom. The van der Waals surface area contributed by atoms with E-state index in [1.807, 2.05) is 10.7 Å². The average Bonchev–Trinajstić information content (AvgIpc) is 2.81. The van der Waals surface area contributed by atoms with Crippen molar-refractivity contribution in [3.63, 3.8) is 0 Å². The van der Waals surface area contributed by atoms with Crippen LogP contribution in [0.25, 0.3) is 11.5 Å². The summed E-state index contributed by atoms with van der Waals surface area (Å²) >= 11 is 9.63. The van der Waals surface area contributed by atoms with Gasteiger partial charge in [-0.05, 0) is 34.3 Å². The summed E-state index contributed by atoms with van der Waals surface area (Å²) in [6.45, 7) is 7.11. The van der Waals surface area contributed by atoms with Crippen LogP contribution in [0.3, 0.4) is 0 Å². The van der Waals surface area contributed by atoms with Crippen molar-refractivity contribution in [2.45, 2.75) is 39.7 Å². The van der Waals surface area contributed by atoms with Gasteiger partial charge in [0.25, 0.3) is 0 Å². The molecule has 0 saturated heterocycles. The van der Waals surface area contributed by atoms with E-state index in [1.165, 1.54) is 0 Å². The van der Waals surface area contributed by atoms with Gasteiger partial charge in [0.15, 0.2) is 5.82 Å². The van der Waals surface area contributed by atoms with E-state index in [9.17, 15) is 0 Å². The highest BCUT2D eigenvalue weighted by Crippen LogP contribution is 2.30. The third kappa shape index (κ3) is 2.98. The lowest BCUT2D eigenvalue weighted by molar-refractivity contribution is 0.606. The molecule has 6 heteroatoms. The molecule has 0 amide bonds. The second-order valence-electron chi connectivity index (χ2n) is 4.63. The number of rotatable bonds is 4. The third-order valence-electron chi connectivity index (χ3n) is 2.76. The second-order valence-corrected chi connectivity index (χ2v) is 5.78. The van der Waals surface area contributed by atoms with E-state index in [0.717, 1.165) is 28.8 Å². The standard InChI is InChI=1S/C13H16BrClN4/c1-4-7-19-9(5-6-16-19)13-17-11(8(2)3)10(14)12(15)18-13/h5-6,8H,4,7H2,1-3H3. The molecule has 0 unspecified atom stereocenters. The largest absolute Gasteiger partial charge is 0.262 e. The Balaban J connectivity index is 2.53. The van der Waals surface area contributed by atoms with Crippen LogP contribution in [0.1, 0.15) is 38.8 Å². The zero-order valence-corrected chi connectivity index (χ0v) is 13.5. The molecule has 0 aliphatic rings. The fourth-order valence-electron chi connectivity index (χ4n) is 1.85. The molecule has 102 valence electrons. The van der Waals surface area contributed by atoms with E-state index >= 15 is 0 Å². The van der Waals surface area contributed by atoms with E-state index in [2.05, 4.69) is 51.8 Å². The normalized spacial score (nSPS) is 11.3. The Morgan fingerprint density at radius 2 is 2.11 bits per heavy atom. The van der Waals surface area contributed by atoms with Crippen LogP contribution in [0.5, 0.6) is 0 Å². The van der Waals surface area contributed by atoms with Crippen molar-refractivity contribution in [1.82, 2.24) is 19.7 Å². The number of nitrogens with zero attached hydrogens (tertiary/aromatic N) is 4. The van der Waals surface area contributed by atoms with Crippen LogP contribution in [-0.4, -0.2) is 19.7 Å². The molecule has 2 aromatic rings. The van der Waals surface area contributed by atoms with Crippen LogP contribution in [-0.2, 0) is 6.54 Å². The number of halogens is 2. The van der Waals surface area contributed by atoms with Gasteiger partial charge in [-0.25, -0.2) is 9.97 Å². The minimum absolute atomic E-state index is 0.274. The summed E-state index contributed by atoms with van der Waals surface area (Å²) in [6.07, 6.45) is 2.77. The molecule has 19 heavy (non-hydrogen) atoms. The van der Waals surface area contributed by atoms with Gasteiger partial charge in [-0.15, -0.1) is 0 Å². The van der Waals surface area contributed by atoms with Crippen LogP contribution >= 0.6 is 27.5 Å². The predicted octanol–water partition coefficient (Wildman–Crippen LogP) is 4.29. The molecule has 0 fully saturated rings. The van der Waals surface area contributed by atoms with Gasteiger partial charge in [0, 0.05) is 12.7 Å². The minimum Gasteiger partial charge on any atom is -0.262 e. The molecule has 0 aromatic carbocycles. The maximum Gasteiger partial charge on any atom is 0.179 e. The molecule has 0 atom stereocenters. The SMILES string of the molecule is CCCn1nccc1-c1nc(Cl)c(Br)c(C(C)C)n1. The zero-order chi connectivity index (χ0) is 14.0. The predicted molar refractivity (Wildman–Crippen MR) is 80.3 cm³/mol. The van der Waals surface area contributed by atoms with Gasteiger partial charge < -0.3 is 0 Å². The Bertz CT molecular complexity index is 580. The van der Waals surface area contributed by atoms with Gasteiger partial charge in [-0.3, -0.25) is 4.68 Å². The number of aryl methyl sites for hydroxylation is 1. The molecule has 2 aromatic heterocycles. The monoisotopic (exact) mass is 342 g/mol. The molecule has 2 rings (SSSR count). The number of hydrogen-bond acceptors (Lipinski definition) is 3. The highest BCUT2D eigenvalue weighted by Gasteiger charge is 2.16. The van der Waals surface area contributed by atoms with E-state index in [-0.39, 0.29) is 5.92 Å². The van der Waals surface area contributed by atoms with Crippen molar-refractivity contribution in [2.75, 3.05) is 0 Å². The van der Waals surface area contributed by atoms with Crippen molar-refractivity contribution >= 4 is 27.5 Å². The van der Waals surface area contributed by atoms with Crippen molar-refractivity contribution in [3.05, 3.63) is 27.6 Å². The molecule has 0 aliphatic carbocycles. The maximum atomic E-state index is 6.18. The molecule has 0 spiro atoms. The summed E-state index contributed by atoms with van der Waals surface area (Å²) in [5, 5.41) is 4.73. The summed E-state index contributed by atoms with van der Waals surface area (Å²) in [7, 11) is 0. The summed E-state index contributed by atoms with van der Waals surface area (Å²) < 4.78 is 2.68. The highest BCUT2D eigenvalue weighted by molar-refractivity contribution is 9.10. The Morgan fingerprint density at radius 3 is 2.74 bits per heavy atom. The first-order valence-corrected chi connectivity index (χ1v) is 7.46. The van der Waals surface area contributed by atoms with Crippen molar-refractivity contribution < 1.29 is 0 Å². The van der Waals surface area contributed by atoms with Crippen molar-refractivity contribution in [2.24, 2.45) is 0 Å². The minimum atomic E-state index is 0.274. The van der Waals surface area contributed by atoms with E-state index in [1.54, 1.807) is 6.20 Å². The fraction of sp³-hybridized carbons (Fsp3) is 0.462. The Hall–Kier alpha value is -0.940. The van der Waals surface area contributed by atoms with E-state index in [4.69, 9.17) is 11.6 Å². The summed E-state index contributed by atoms with van der Waals surface area (Å²) in [4.78, 5) is 8.96. The molecular formula is C13H16BrClN4. The van der Waals surface area contributed by atoms with Crippen molar-refractivity contribution in [1.29, 1.82) is 0 Å². The highest BCUT2D eigenvalue weighted by atomic mass is 79.9. The van der Waals surface area contributed by atoms with Crippen LogP contribution < -0.4 is 0 Å². The molecule has 2 heterocycles. The van der Waals surface area contributed by atoms with Crippen LogP contribution in [0.15, 0.2) is 16.7 Å². The lowest BCUT2D eigenvalue weighted by Crippen LogP contribution is -2.06. The second kappa shape index (κ2) is 6.01. The van der Waals surface area contributed by atoms with E-state index < -0.39 is 0 Å². The smallest absolute Gasteiger partial charge is 0.179 e. The number of hydrogen-bond donors (Lipinski definition) is 0. The molecule has 4 nitrogen and oxygen atoms in total. The van der Waals surface area contributed by atoms with Crippen molar-refractivity contribution in [3.8, 4) is 11.5 Å². The first kappa shape index (κ1) is 14.5. The zero-order valence-electron chi connectivity index (χ0n) is 11.2.